The number of phenolic OH excluding ortho intramolecular Hbond substituents is 1. The van der Waals surface area contributed by atoms with E-state index in [2.05, 4.69) is 36.3 Å². The van der Waals surface area contributed by atoms with Gasteiger partial charge in [-0.3, -0.25) is 14.5 Å². The van der Waals surface area contributed by atoms with Crippen LogP contribution >= 0.6 is 0 Å². The van der Waals surface area contributed by atoms with Gasteiger partial charge in [0.25, 0.3) is 0 Å². The van der Waals surface area contributed by atoms with Gasteiger partial charge in [-0.25, -0.2) is 0 Å². The maximum Gasteiger partial charge on any atom is 0.310 e. The Kier molecular flexibility index (Phi) is 8.98. The van der Waals surface area contributed by atoms with Crippen LogP contribution in [-0.4, -0.2) is 81.7 Å². The van der Waals surface area contributed by atoms with E-state index < -0.39 is 17.9 Å². The molecule has 0 bridgehead atoms. The summed E-state index contributed by atoms with van der Waals surface area (Å²) in [7, 11) is 2.92. The number of esters is 1. The third-order valence-corrected chi connectivity index (χ3v) is 8.77. The van der Waals surface area contributed by atoms with E-state index in [-0.39, 0.29) is 48.4 Å². The second-order valence-corrected chi connectivity index (χ2v) is 11.0. The number of rotatable bonds is 12. The summed E-state index contributed by atoms with van der Waals surface area (Å²) in [4.78, 5) is 28.9. The number of amides is 1. The van der Waals surface area contributed by atoms with E-state index in [1.54, 1.807) is 12.1 Å². The molecule has 1 saturated heterocycles. The number of phenols is 1. The molecule has 1 aliphatic carbocycles. The Morgan fingerprint density at radius 1 is 1.05 bits per heavy atom. The van der Waals surface area contributed by atoms with Gasteiger partial charge in [0.15, 0.2) is 23.0 Å². The number of benzene rings is 2. The molecule has 1 fully saturated rings. The van der Waals surface area contributed by atoms with E-state index >= 15 is 0 Å². The number of aromatic hydroxyl groups is 1. The molecule has 5 rings (SSSR count). The second-order valence-electron chi connectivity index (χ2n) is 11.0. The molecule has 5 unspecified atom stereocenters. The summed E-state index contributed by atoms with van der Waals surface area (Å²) in [5.74, 6) is -0.338. The molecule has 2 aromatic carbocycles. The molecular formula is C31H41N3O8. The van der Waals surface area contributed by atoms with Gasteiger partial charge in [-0.15, -0.1) is 0 Å². The summed E-state index contributed by atoms with van der Waals surface area (Å²) in [5, 5.41) is 17.2. The van der Waals surface area contributed by atoms with Gasteiger partial charge in [-0.2, -0.15) is 0 Å². The predicted octanol–water partition coefficient (Wildman–Crippen LogP) is 2.94. The van der Waals surface area contributed by atoms with Gasteiger partial charge in [0.2, 0.25) is 18.4 Å². The van der Waals surface area contributed by atoms with Crippen LogP contribution in [0.25, 0.3) is 0 Å². The summed E-state index contributed by atoms with van der Waals surface area (Å²) >= 11 is 0. The fourth-order valence-corrected chi connectivity index (χ4v) is 6.58. The maximum atomic E-state index is 13.3. The Hall–Kier alpha value is -3.70. The number of fused-ring (bicyclic) bond motifs is 3. The molecule has 228 valence electrons. The molecule has 5 atom stereocenters. The zero-order chi connectivity index (χ0) is 30.0. The van der Waals surface area contributed by atoms with Crippen LogP contribution in [0, 0.1) is 11.8 Å². The molecule has 3 aliphatic rings. The van der Waals surface area contributed by atoms with Crippen molar-refractivity contribution < 1.29 is 38.4 Å². The first-order chi connectivity index (χ1) is 20.3. The van der Waals surface area contributed by atoms with Crippen LogP contribution in [0.2, 0.25) is 0 Å². The minimum atomic E-state index is -0.588. The SMILES string of the molecule is CCN(CC)C(C)CNCCC(=O)NC1c2cc3c(cc2C(c2cc(OC)c(O)c(OC)c2)C2C(=O)OCC12)OCO3. The Balaban J connectivity index is 1.45. The lowest BCUT2D eigenvalue weighted by Gasteiger charge is -2.39. The average Bonchev–Trinajstić information content (AvgIpc) is 3.61. The number of carbonyl (C=O) groups excluding carboxylic acids is 2. The van der Waals surface area contributed by atoms with E-state index in [0.717, 1.165) is 30.8 Å². The first kappa shape index (κ1) is 29.8. The lowest BCUT2D eigenvalue weighted by Crippen LogP contribution is -2.44. The highest BCUT2D eigenvalue weighted by molar-refractivity contribution is 5.81. The molecule has 2 heterocycles. The van der Waals surface area contributed by atoms with Gasteiger partial charge in [-0.1, -0.05) is 13.8 Å². The van der Waals surface area contributed by atoms with Gasteiger partial charge in [0.05, 0.1) is 32.8 Å². The third kappa shape index (κ3) is 5.55. The Morgan fingerprint density at radius 2 is 1.69 bits per heavy atom. The van der Waals surface area contributed by atoms with Crippen LogP contribution in [0.3, 0.4) is 0 Å². The van der Waals surface area contributed by atoms with E-state index in [1.807, 2.05) is 12.1 Å². The molecule has 0 aromatic heterocycles. The number of nitrogens with zero attached hydrogens (tertiary/aromatic N) is 1. The molecule has 0 spiro atoms. The van der Waals surface area contributed by atoms with Crippen LogP contribution in [0.1, 0.15) is 55.8 Å². The highest BCUT2D eigenvalue weighted by atomic mass is 16.7. The molecular weight excluding hydrogens is 542 g/mol. The van der Waals surface area contributed by atoms with Crippen molar-refractivity contribution in [3.63, 3.8) is 0 Å². The van der Waals surface area contributed by atoms with Crippen LogP contribution in [0.4, 0.5) is 0 Å². The number of methoxy groups -OCH3 is 2. The smallest absolute Gasteiger partial charge is 0.310 e. The van der Waals surface area contributed by atoms with Gasteiger partial charge >= 0.3 is 5.97 Å². The average molecular weight is 584 g/mol. The van der Waals surface area contributed by atoms with Crippen molar-refractivity contribution in [2.24, 2.45) is 11.8 Å². The Labute approximate surface area is 246 Å². The molecule has 1 amide bonds. The predicted molar refractivity (Wildman–Crippen MR) is 154 cm³/mol. The minimum absolute atomic E-state index is 0.0905. The van der Waals surface area contributed by atoms with Crippen molar-refractivity contribution in [2.45, 2.75) is 45.2 Å². The number of nitrogens with one attached hydrogen (secondary N) is 2. The molecule has 0 saturated carbocycles. The van der Waals surface area contributed by atoms with Crippen molar-refractivity contribution >= 4 is 11.9 Å². The summed E-state index contributed by atoms with van der Waals surface area (Å²) in [5.41, 5.74) is 2.36. The van der Waals surface area contributed by atoms with Crippen LogP contribution in [-0.2, 0) is 14.3 Å². The molecule has 2 aliphatic heterocycles. The second kappa shape index (κ2) is 12.7. The summed E-state index contributed by atoms with van der Waals surface area (Å²) in [6, 6.07) is 7.10. The molecule has 42 heavy (non-hydrogen) atoms. The van der Waals surface area contributed by atoms with Crippen LogP contribution < -0.4 is 29.6 Å². The minimum Gasteiger partial charge on any atom is -0.502 e. The van der Waals surface area contributed by atoms with Crippen molar-refractivity contribution in [3.05, 3.63) is 41.0 Å². The number of hydrogen-bond acceptors (Lipinski definition) is 10. The van der Waals surface area contributed by atoms with E-state index in [1.165, 1.54) is 14.2 Å². The summed E-state index contributed by atoms with van der Waals surface area (Å²) < 4.78 is 27.9. The molecule has 3 N–H and O–H groups in total. The fraction of sp³-hybridized carbons (Fsp3) is 0.548. The summed E-state index contributed by atoms with van der Waals surface area (Å²) in [6.45, 7) is 10.0. The summed E-state index contributed by atoms with van der Waals surface area (Å²) in [6.07, 6.45) is 0.295. The van der Waals surface area contributed by atoms with Crippen molar-refractivity contribution in [2.75, 3.05) is 53.8 Å². The maximum absolute atomic E-state index is 13.3. The number of likely N-dealkylation sites (N-methyl/N-ethyl adjacent to an activating group) is 1. The van der Waals surface area contributed by atoms with Gasteiger partial charge in [0.1, 0.15) is 0 Å². The molecule has 0 radical (unpaired) electrons. The van der Waals surface area contributed by atoms with Crippen molar-refractivity contribution in [3.8, 4) is 28.7 Å². The first-order valence-corrected chi connectivity index (χ1v) is 14.6. The van der Waals surface area contributed by atoms with Crippen molar-refractivity contribution in [1.29, 1.82) is 0 Å². The lowest BCUT2D eigenvalue weighted by molar-refractivity contribution is -0.141. The van der Waals surface area contributed by atoms with E-state index in [0.29, 0.717) is 36.1 Å². The van der Waals surface area contributed by atoms with E-state index in [4.69, 9.17) is 23.7 Å². The number of carbonyl (C=O) groups is 2. The third-order valence-electron chi connectivity index (χ3n) is 8.77. The fourth-order valence-electron chi connectivity index (χ4n) is 6.58. The highest BCUT2D eigenvalue weighted by Crippen LogP contribution is 2.55. The monoisotopic (exact) mass is 583 g/mol. The standard InChI is InChI=1S/C31H41N3O8/c1-6-34(7-2)17(3)14-32-9-8-26(35)33-29-20-13-23-22(41-16-42-23)12-19(20)27(28-21(29)15-40-31(28)37)18-10-24(38-4)30(36)25(11-18)39-5/h10-13,17,21,27-29,32,36H,6-9,14-16H2,1-5H3,(H,33,35). The molecule has 2 aromatic rings. The number of cyclic esters (lactones) is 1. The Morgan fingerprint density at radius 3 is 2.31 bits per heavy atom. The quantitative estimate of drug-likeness (QED) is 0.254. The highest BCUT2D eigenvalue weighted by Gasteiger charge is 2.53. The van der Waals surface area contributed by atoms with E-state index in [9.17, 15) is 14.7 Å². The van der Waals surface area contributed by atoms with Crippen LogP contribution in [0.5, 0.6) is 28.7 Å². The largest absolute Gasteiger partial charge is 0.502 e. The molecule has 11 nitrogen and oxygen atoms in total. The zero-order valence-corrected chi connectivity index (χ0v) is 24.9. The van der Waals surface area contributed by atoms with Gasteiger partial charge < -0.3 is 39.4 Å². The van der Waals surface area contributed by atoms with Crippen LogP contribution in [0.15, 0.2) is 24.3 Å². The van der Waals surface area contributed by atoms with Crippen molar-refractivity contribution in [1.82, 2.24) is 15.5 Å². The Bertz CT molecular complexity index is 1290. The van der Waals surface area contributed by atoms with Gasteiger partial charge in [0, 0.05) is 37.4 Å². The zero-order valence-electron chi connectivity index (χ0n) is 24.9. The molecule has 11 heteroatoms. The first-order valence-electron chi connectivity index (χ1n) is 14.6. The van der Waals surface area contributed by atoms with Gasteiger partial charge in [-0.05, 0) is 61.0 Å². The number of hydrogen-bond donors (Lipinski definition) is 3. The topological polar surface area (TPSA) is 128 Å². The lowest BCUT2D eigenvalue weighted by atomic mass is 9.65. The number of ether oxygens (including phenoxy) is 5. The normalized spacial score (nSPS) is 22.8.